The first-order valence-corrected chi connectivity index (χ1v) is 16.3. The molecule has 2 fully saturated rings. The van der Waals surface area contributed by atoms with Gasteiger partial charge in [-0.05, 0) is 76.5 Å². The zero-order valence-corrected chi connectivity index (χ0v) is 28.3. The van der Waals surface area contributed by atoms with Crippen LogP contribution < -0.4 is 10.6 Å². The van der Waals surface area contributed by atoms with Crippen LogP contribution >= 0.6 is 0 Å². The van der Waals surface area contributed by atoms with E-state index in [-0.39, 0.29) is 54.2 Å². The van der Waals surface area contributed by atoms with Crippen molar-refractivity contribution in [3.8, 4) is 0 Å². The van der Waals surface area contributed by atoms with E-state index in [4.69, 9.17) is 4.42 Å². The molecule has 10 heteroatoms. The monoisotopic (exact) mass is 613 g/mol. The summed E-state index contributed by atoms with van der Waals surface area (Å²) in [5.74, 6) is -0.0514. The zero-order chi connectivity index (χ0) is 32.8. The third-order valence-electron chi connectivity index (χ3n) is 8.98. The molecule has 44 heavy (non-hydrogen) atoms. The average molecular weight is 614 g/mol. The predicted octanol–water partition coefficient (Wildman–Crippen LogP) is 4.11. The number of amides is 4. The minimum absolute atomic E-state index is 0.00349. The molecule has 3 heterocycles. The number of carbonyl (C=O) groups is 4. The molecular formula is C34H55N5O5. The van der Waals surface area contributed by atoms with E-state index in [2.05, 4.69) is 29.4 Å². The molecule has 0 radical (unpaired) electrons. The van der Waals surface area contributed by atoms with Crippen molar-refractivity contribution in [3.05, 3.63) is 35.8 Å². The quantitative estimate of drug-likeness (QED) is 0.363. The Balaban J connectivity index is 1.75. The Bertz CT molecular complexity index is 1170. The molecule has 3 rings (SSSR count). The van der Waals surface area contributed by atoms with E-state index in [0.717, 1.165) is 32.2 Å². The van der Waals surface area contributed by atoms with Gasteiger partial charge in [-0.1, -0.05) is 47.1 Å². The summed E-state index contributed by atoms with van der Waals surface area (Å²) in [4.78, 5) is 59.8. The number of rotatable bonds is 11. The molecule has 2 N–H and O–H groups in total. The molecule has 1 aromatic rings. The Kier molecular flexibility index (Phi) is 12.2. The highest BCUT2D eigenvalue weighted by atomic mass is 16.3. The Morgan fingerprint density at radius 2 is 1.70 bits per heavy atom. The maximum Gasteiger partial charge on any atom is 0.249 e. The second kappa shape index (κ2) is 15.2. The Labute approximate surface area is 263 Å². The summed E-state index contributed by atoms with van der Waals surface area (Å²) in [7, 11) is 1.74. The van der Waals surface area contributed by atoms with Gasteiger partial charge in [0, 0.05) is 25.2 Å². The summed E-state index contributed by atoms with van der Waals surface area (Å²) in [5.41, 5.74) is -0.0413. The lowest BCUT2D eigenvalue weighted by Crippen LogP contribution is -2.60. The molecule has 10 nitrogen and oxygen atoms in total. The highest BCUT2D eigenvalue weighted by molar-refractivity contribution is 5.97. The normalized spacial score (nSPS) is 21.3. The van der Waals surface area contributed by atoms with Crippen molar-refractivity contribution in [1.29, 1.82) is 0 Å². The van der Waals surface area contributed by atoms with Gasteiger partial charge in [-0.2, -0.15) is 0 Å². The number of likely N-dealkylation sites (N-methyl/N-ethyl adjacent to an activating group) is 1. The van der Waals surface area contributed by atoms with Crippen LogP contribution in [0.15, 0.2) is 34.5 Å². The molecule has 0 saturated carbocycles. The fraction of sp³-hybridized carbons (Fsp3) is 0.706. The van der Waals surface area contributed by atoms with Crippen LogP contribution in [0.4, 0.5) is 0 Å². The van der Waals surface area contributed by atoms with E-state index < -0.39 is 17.5 Å². The fourth-order valence-corrected chi connectivity index (χ4v) is 6.38. The molecule has 2 aliphatic rings. The maximum atomic E-state index is 14.1. The van der Waals surface area contributed by atoms with Crippen LogP contribution in [0.1, 0.15) is 93.3 Å². The highest BCUT2D eigenvalue weighted by Crippen LogP contribution is 2.27. The first kappa shape index (κ1) is 35.3. The number of likely N-dealkylation sites (tertiary alicyclic amines) is 2. The number of nitrogens with zero attached hydrogens (tertiary/aromatic N) is 3. The Hall–Kier alpha value is -3.14. The lowest BCUT2D eigenvalue weighted by atomic mass is 9.84. The summed E-state index contributed by atoms with van der Waals surface area (Å²) >= 11 is 0. The number of piperidine rings is 1. The van der Waals surface area contributed by atoms with Crippen LogP contribution in [-0.2, 0) is 25.7 Å². The van der Waals surface area contributed by atoms with Crippen LogP contribution in [0.3, 0.4) is 0 Å². The summed E-state index contributed by atoms with van der Waals surface area (Å²) in [5, 5.41) is 6.01. The van der Waals surface area contributed by atoms with E-state index >= 15 is 0 Å². The summed E-state index contributed by atoms with van der Waals surface area (Å²) in [6.45, 7) is 17.5. The predicted molar refractivity (Wildman–Crippen MR) is 171 cm³/mol. The molecule has 0 spiro atoms. The van der Waals surface area contributed by atoms with Crippen LogP contribution in [-0.4, -0.2) is 88.7 Å². The average Bonchev–Trinajstić information content (AvgIpc) is 3.68. The first-order chi connectivity index (χ1) is 20.6. The van der Waals surface area contributed by atoms with E-state index in [1.807, 2.05) is 40.7 Å². The van der Waals surface area contributed by atoms with Gasteiger partial charge in [0.25, 0.3) is 0 Å². The van der Waals surface area contributed by atoms with Crippen molar-refractivity contribution in [2.75, 3.05) is 20.1 Å². The lowest BCUT2D eigenvalue weighted by Gasteiger charge is -2.41. The van der Waals surface area contributed by atoms with Crippen LogP contribution in [0.25, 0.3) is 0 Å². The van der Waals surface area contributed by atoms with Gasteiger partial charge in [0.05, 0.1) is 24.9 Å². The van der Waals surface area contributed by atoms with Gasteiger partial charge in [-0.3, -0.25) is 24.1 Å². The van der Waals surface area contributed by atoms with Crippen molar-refractivity contribution in [2.24, 2.45) is 11.3 Å². The van der Waals surface area contributed by atoms with Gasteiger partial charge in [0.2, 0.25) is 23.6 Å². The fourth-order valence-electron chi connectivity index (χ4n) is 6.38. The molecular weight excluding hydrogens is 558 g/mol. The van der Waals surface area contributed by atoms with Crippen LogP contribution in [0, 0.1) is 11.3 Å². The number of furan rings is 1. The third kappa shape index (κ3) is 8.73. The van der Waals surface area contributed by atoms with E-state index in [9.17, 15) is 19.2 Å². The van der Waals surface area contributed by atoms with Crippen LogP contribution in [0.2, 0.25) is 0 Å². The van der Waals surface area contributed by atoms with E-state index in [1.54, 1.807) is 42.2 Å². The Morgan fingerprint density at radius 3 is 2.30 bits per heavy atom. The second-order valence-electron chi connectivity index (χ2n) is 14.1. The zero-order valence-electron chi connectivity index (χ0n) is 28.3. The molecule has 2 saturated heterocycles. The van der Waals surface area contributed by atoms with Crippen molar-refractivity contribution < 1.29 is 23.6 Å². The summed E-state index contributed by atoms with van der Waals surface area (Å²) in [6, 6.07) is 1.88. The van der Waals surface area contributed by atoms with Crippen LogP contribution in [0.5, 0.6) is 0 Å². The molecule has 2 aliphatic heterocycles. The Morgan fingerprint density at radius 1 is 1.02 bits per heavy atom. The SMILES string of the molecule is C/C(=C\[C@H](C(C)C)N(C)C(=O)[C@@H](NC(=O)C1CCCCN1C(C)C)C(C)(C)C)C(=O)N1CCC[C@H]1C(=O)NCc1ccco1. The number of hydrogen-bond donors (Lipinski definition) is 2. The van der Waals surface area contributed by atoms with Crippen molar-refractivity contribution in [1.82, 2.24) is 25.3 Å². The van der Waals surface area contributed by atoms with Crippen molar-refractivity contribution in [2.45, 2.75) is 124 Å². The molecule has 0 aromatic carbocycles. The van der Waals surface area contributed by atoms with Gasteiger partial charge in [0.15, 0.2) is 0 Å². The molecule has 0 aliphatic carbocycles. The third-order valence-corrected chi connectivity index (χ3v) is 8.98. The molecule has 0 bridgehead atoms. The molecule has 4 amide bonds. The maximum absolute atomic E-state index is 14.1. The lowest BCUT2D eigenvalue weighted by molar-refractivity contribution is -0.142. The number of nitrogens with one attached hydrogen (secondary N) is 2. The molecule has 1 aromatic heterocycles. The molecule has 4 atom stereocenters. The minimum Gasteiger partial charge on any atom is -0.467 e. The largest absolute Gasteiger partial charge is 0.467 e. The molecule has 1 unspecified atom stereocenters. The minimum atomic E-state index is -0.734. The van der Waals surface area contributed by atoms with E-state index in [1.165, 1.54) is 0 Å². The number of carbonyl (C=O) groups excluding carboxylic acids is 4. The van der Waals surface area contributed by atoms with Gasteiger partial charge in [0.1, 0.15) is 17.8 Å². The van der Waals surface area contributed by atoms with E-state index in [0.29, 0.717) is 24.3 Å². The van der Waals surface area contributed by atoms with Gasteiger partial charge >= 0.3 is 0 Å². The van der Waals surface area contributed by atoms with Gasteiger partial charge in [-0.25, -0.2) is 0 Å². The number of hydrogen-bond acceptors (Lipinski definition) is 6. The smallest absolute Gasteiger partial charge is 0.249 e. The summed E-state index contributed by atoms with van der Waals surface area (Å²) in [6.07, 6.45) is 7.57. The highest BCUT2D eigenvalue weighted by Gasteiger charge is 2.40. The standard InChI is InChI=1S/C34H55N5O5/c1-22(2)28(20-24(5)32(42)39-18-12-16-26(39)30(40)35-21-25-14-13-19-44-25)37(9)33(43)29(34(6,7)8)36-31(41)27-15-10-11-17-38(27)23(3)4/h13-14,19-20,22-23,26-29H,10-12,15-18,21H2,1-9H3,(H,35,40)(H,36,41)/b24-20+/t26-,27?,28+,29+/m0/s1. The second-order valence-corrected chi connectivity index (χ2v) is 14.1. The summed E-state index contributed by atoms with van der Waals surface area (Å²) < 4.78 is 5.31. The van der Waals surface area contributed by atoms with Gasteiger partial charge < -0.3 is 24.9 Å². The topological polar surface area (TPSA) is 115 Å². The first-order valence-electron chi connectivity index (χ1n) is 16.3. The molecule has 246 valence electrons. The van der Waals surface area contributed by atoms with Gasteiger partial charge in [-0.15, -0.1) is 0 Å². The van der Waals surface area contributed by atoms with Crippen molar-refractivity contribution >= 4 is 23.6 Å². The van der Waals surface area contributed by atoms with Crippen molar-refractivity contribution in [3.63, 3.8) is 0 Å².